The Balaban J connectivity index is 1.75. The van der Waals surface area contributed by atoms with Gasteiger partial charge in [-0.05, 0) is 50.2 Å². The fourth-order valence-electron chi connectivity index (χ4n) is 2.53. The third-order valence-corrected chi connectivity index (χ3v) is 4.36. The summed E-state index contributed by atoms with van der Waals surface area (Å²) in [4.78, 5) is 29.3. The zero-order valence-electron chi connectivity index (χ0n) is 14.3. The number of amides is 1. The van der Waals surface area contributed by atoms with Crippen molar-refractivity contribution in [2.24, 2.45) is 0 Å². The molecule has 3 aromatic rings. The molecule has 0 aliphatic heterocycles. The number of carbonyl (C=O) groups excluding carboxylic acids is 2. The predicted octanol–water partition coefficient (Wildman–Crippen LogP) is 4.49. The lowest BCUT2D eigenvalue weighted by atomic mass is 10.1. The van der Waals surface area contributed by atoms with Crippen LogP contribution in [0.3, 0.4) is 0 Å². The Kier molecular flexibility index (Phi) is 5.32. The number of benzene rings is 2. The summed E-state index contributed by atoms with van der Waals surface area (Å²) >= 11 is 3.34. The average molecular weight is 413 g/mol. The summed E-state index contributed by atoms with van der Waals surface area (Å²) < 4.78 is 6.28. The fraction of sp³-hybridized carbons (Fsp3) is 0.150. The zero-order valence-corrected chi connectivity index (χ0v) is 15.9. The molecule has 0 aliphatic rings. The Bertz CT molecular complexity index is 970. The predicted molar refractivity (Wildman–Crippen MR) is 104 cm³/mol. The van der Waals surface area contributed by atoms with Gasteiger partial charge in [-0.1, -0.05) is 34.1 Å². The van der Waals surface area contributed by atoms with Crippen molar-refractivity contribution in [3.05, 3.63) is 70.3 Å². The normalized spacial score (nSPS) is 11.8. The molecule has 1 atom stereocenters. The van der Waals surface area contributed by atoms with Crippen LogP contribution in [0.5, 0.6) is 0 Å². The van der Waals surface area contributed by atoms with Gasteiger partial charge >= 0.3 is 5.97 Å². The Hall–Kier alpha value is -2.73. The minimum absolute atomic E-state index is 0.393. The highest BCUT2D eigenvalue weighted by molar-refractivity contribution is 9.10. The Morgan fingerprint density at radius 3 is 2.54 bits per heavy atom. The van der Waals surface area contributed by atoms with Crippen LogP contribution in [0.1, 0.15) is 23.0 Å². The third-order valence-electron chi connectivity index (χ3n) is 3.83. The van der Waals surface area contributed by atoms with Gasteiger partial charge in [0, 0.05) is 21.2 Å². The molecule has 2 aromatic carbocycles. The Labute approximate surface area is 159 Å². The smallest absolute Gasteiger partial charge is 0.339 e. The number of para-hydroxylation sites is 1. The van der Waals surface area contributed by atoms with Crippen LogP contribution in [0.2, 0.25) is 0 Å². The monoisotopic (exact) mass is 412 g/mol. The molecule has 0 saturated carbocycles. The van der Waals surface area contributed by atoms with Crippen LogP contribution in [0.15, 0.2) is 59.1 Å². The van der Waals surface area contributed by atoms with Gasteiger partial charge in [0.1, 0.15) is 0 Å². The maximum absolute atomic E-state index is 12.6. The number of pyridine rings is 1. The number of halogens is 1. The van der Waals surface area contributed by atoms with E-state index in [9.17, 15) is 9.59 Å². The first-order chi connectivity index (χ1) is 12.4. The van der Waals surface area contributed by atoms with Crippen LogP contribution in [0.4, 0.5) is 5.69 Å². The maximum atomic E-state index is 12.6. The quantitative estimate of drug-likeness (QED) is 0.640. The van der Waals surface area contributed by atoms with Crippen LogP contribution < -0.4 is 5.32 Å². The lowest BCUT2D eigenvalue weighted by molar-refractivity contribution is -0.123. The summed E-state index contributed by atoms with van der Waals surface area (Å²) in [7, 11) is 0. The molecule has 0 spiro atoms. The van der Waals surface area contributed by atoms with Gasteiger partial charge in [0.15, 0.2) is 6.10 Å². The zero-order chi connectivity index (χ0) is 18.7. The number of anilines is 1. The van der Waals surface area contributed by atoms with Gasteiger partial charge in [0.2, 0.25) is 0 Å². The number of nitrogens with zero attached hydrogens (tertiary/aromatic N) is 1. The summed E-state index contributed by atoms with van der Waals surface area (Å²) in [5, 5.41) is 3.42. The summed E-state index contributed by atoms with van der Waals surface area (Å²) in [5.41, 5.74) is 2.46. The minimum atomic E-state index is -0.932. The van der Waals surface area contributed by atoms with E-state index in [0.717, 1.165) is 4.47 Å². The van der Waals surface area contributed by atoms with Crippen LogP contribution in [-0.4, -0.2) is 23.0 Å². The van der Waals surface area contributed by atoms with E-state index < -0.39 is 18.0 Å². The molecule has 0 radical (unpaired) electrons. The molecule has 0 saturated heterocycles. The standard InChI is InChI=1S/C20H17BrN2O3/c1-12-11-17(16-5-3-4-6-18(16)22-12)20(25)26-13(2)19(24)23-15-9-7-14(21)8-10-15/h3-11,13H,1-2H3,(H,23,24)/t13-/m1/s1. The summed E-state index contributed by atoms with van der Waals surface area (Å²) in [5.74, 6) is -0.944. The Morgan fingerprint density at radius 1 is 1.12 bits per heavy atom. The molecule has 132 valence electrons. The van der Waals surface area contributed by atoms with Crippen LogP contribution in [0, 0.1) is 6.92 Å². The average Bonchev–Trinajstić information content (AvgIpc) is 2.62. The molecule has 3 rings (SSSR count). The lowest BCUT2D eigenvalue weighted by Gasteiger charge is -2.14. The van der Waals surface area contributed by atoms with Gasteiger partial charge in [-0.3, -0.25) is 9.78 Å². The molecular formula is C20H17BrN2O3. The van der Waals surface area contributed by atoms with Crippen molar-refractivity contribution in [3.8, 4) is 0 Å². The van der Waals surface area contributed by atoms with Gasteiger partial charge in [-0.15, -0.1) is 0 Å². The molecule has 0 bridgehead atoms. The van der Waals surface area contributed by atoms with E-state index in [1.807, 2.05) is 43.3 Å². The van der Waals surface area contributed by atoms with Crippen molar-refractivity contribution in [2.75, 3.05) is 5.32 Å². The number of aromatic nitrogens is 1. The number of fused-ring (bicyclic) bond motifs is 1. The van der Waals surface area contributed by atoms with E-state index in [-0.39, 0.29) is 0 Å². The number of ether oxygens (including phenoxy) is 1. The largest absolute Gasteiger partial charge is 0.449 e. The van der Waals surface area contributed by atoms with Crippen molar-refractivity contribution in [3.63, 3.8) is 0 Å². The van der Waals surface area contributed by atoms with Gasteiger partial charge in [0.25, 0.3) is 5.91 Å². The summed E-state index contributed by atoms with van der Waals surface area (Å²) in [6.45, 7) is 3.36. The van der Waals surface area contributed by atoms with Crippen molar-refractivity contribution < 1.29 is 14.3 Å². The Morgan fingerprint density at radius 2 is 1.81 bits per heavy atom. The topological polar surface area (TPSA) is 68.3 Å². The highest BCUT2D eigenvalue weighted by atomic mass is 79.9. The van der Waals surface area contributed by atoms with Gasteiger partial charge < -0.3 is 10.1 Å². The number of carbonyl (C=O) groups is 2. The summed E-state index contributed by atoms with van der Waals surface area (Å²) in [6, 6.07) is 16.2. The fourth-order valence-corrected chi connectivity index (χ4v) is 2.80. The lowest BCUT2D eigenvalue weighted by Crippen LogP contribution is -2.30. The first-order valence-electron chi connectivity index (χ1n) is 8.08. The van der Waals surface area contributed by atoms with E-state index in [2.05, 4.69) is 26.2 Å². The molecule has 26 heavy (non-hydrogen) atoms. The first-order valence-corrected chi connectivity index (χ1v) is 8.87. The number of aryl methyl sites for hydroxylation is 1. The van der Waals surface area contributed by atoms with Crippen molar-refractivity contribution in [2.45, 2.75) is 20.0 Å². The molecule has 1 N–H and O–H groups in total. The number of hydrogen-bond donors (Lipinski definition) is 1. The molecule has 0 fully saturated rings. The molecule has 0 unspecified atom stereocenters. The van der Waals surface area contributed by atoms with E-state index in [0.29, 0.717) is 27.8 Å². The second-order valence-electron chi connectivity index (χ2n) is 5.87. The van der Waals surface area contributed by atoms with Gasteiger partial charge in [-0.25, -0.2) is 4.79 Å². The second kappa shape index (κ2) is 7.66. The number of nitrogens with one attached hydrogen (secondary N) is 1. The summed E-state index contributed by atoms with van der Waals surface area (Å²) in [6.07, 6.45) is -0.932. The van der Waals surface area contributed by atoms with Crippen molar-refractivity contribution in [1.82, 2.24) is 4.98 Å². The van der Waals surface area contributed by atoms with E-state index >= 15 is 0 Å². The SMILES string of the molecule is Cc1cc(C(=O)O[C@H](C)C(=O)Nc2ccc(Br)cc2)c2ccccc2n1. The van der Waals surface area contributed by atoms with E-state index in [1.165, 1.54) is 0 Å². The van der Waals surface area contributed by atoms with Crippen LogP contribution in [0.25, 0.3) is 10.9 Å². The first kappa shape index (κ1) is 18.1. The molecule has 6 heteroatoms. The van der Waals surface area contributed by atoms with Crippen LogP contribution >= 0.6 is 15.9 Å². The third kappa shape index (κ3) is 4.08. The molecule has 0 aliphatic carbocycles. The number of hydrogen-bond acceptors (Lipinski definition) is 4. The van der Waals surface area contributed by atoms with E-state index in [1.54, 1.807) is 25.1 Å². The molecule has 1 heterocycles. The van der Waals surface area contributed by atoms with Gasteiger partial charge in [0.05, 0.1) is 11.1 Å². The second-order valence-corrected chi connectivity index (χ2v) is 6.79. The van der Waals surface area contributed by atoms with Gasteiger partial charge in [-0.2, -0.15) is 0 Å². The van der Waals surface area contributed by atoms with E-state index in [4.69, 9.17) is 4.74 Å². The number of rotatable bonds is 4. The molecular weight excluding hydrogens is 396 g/mol. The van der Waals surface area contributed by atoms with Crippen molar-refractivity contribution >= 4 is 44.4 Å². The molecule has 5 nitrogen and oxygen atoms in total. The highest BCUT2D eigenvalue weighted by Crippen LogP contribution is 2.20. The van der Waals surface area contributed by atoms with Crippen molar-refractivity contribution in [1.29, 1.82) is 0 Å². The molecule has 1 amide bonds. The number of esters is 1. The van der Waals surface area contributed by atoms with Crippen LogP contribution in [-0.2, 0) is 9.53 Å². The highest BCUT2D eigenvalue weighted by Gasteiger charge is 2.21. The minimum Gasteiger partial charge on any atom is -0.449 e. The molecule has 1 aromatic heterocycles. The maximum Gasteiger partial charge on any atom is 0.339 e.